The summed E-state index contributed by atoms with van der Waals surface area (Å²) in [6.45, 7) is 2.43. The van der Waals surface area contributed by atoms with E-state index in [4.69, 9.17) is 4.74 Å². The molecule has 19 heavy (non-hydrogen) atoms. The molecule has 0 bridgehead atoms. The van der Waals surface area contributed by atoms with Crippen molar-refractivity contribution in [2.45, 2.75) is 18.2 Å². The van der Waals surface area contributed by atoms with Gasteiger partial charge in [0.25, 0.3) is 10.0 Å². The second-order valence-electron chi connectivity index (χ2n) is 3.98. The van der Waals surface area contributed by atoms with E-state index in [2.05, 4.69) is 9.93 Å². The zero-order valence-electron chi connectivity index (χ0n) is 10.6. The first-order chi connectivity index (χ1) is 9.12. The SMILES string of the molecule is CCOc1ccc(S(=O)(=O)N/N=C2\CCSC2)cc1. The molecule has 1 aromatic rings. The maximum Gasteiger partial charge on any atom is 0.276 e. The van der Waals surface area contributed by atoms with Crippen LogP contribution in [0.1, 0.15) is 13.3 Å². The lowest BCUT2D eigenvalue weighted by molar-refractivity contribution is 0.340. The number of hydrogen-bond donors (Lipinski definition) is 1. The molecule has 7 heteroatoms. The molecule has 0 spiro atoms. The maximum absolute atomic E-state index is 12.0. The third kappa shape index (κ3) is 3.87. The summed E-state index contributed by atoms with van der Waals surface area (Å²) in [6, 6.07) is 6.29. The van der Waals surface area contributed by atoms with Crippen LogP contribution in [0.5, 0.6) is 5.75 Å². The van der Waals surface area contributed by atoms with Crippen LogP contribution in [0.4, 0.5) is 0 Å². The molecule has 0 aliphatic carbocycles. The van der Waals surface area contributed by atoms with Gasteiger partial charge in [0, 0.05) is 11.5 Å². The van der Waals surface area contributed by atoms with Crippen molar-refractivity contribution in [3.8, 4) is 5.75 Å². The van der Waals surface area contributed by atoms with Crippen molar-refractivity contribution in [2.24, 2.45) is 5.10 Å². The van der Waals surface area contributed by atoms with Crippen LogP contribution in [-0.2, 0) is 10.0 Å². The number of ether oxygens (including phenoxy) is 1. The Balaban J connectivity index is 2.08. The molecular formula is C12H16N2O3S2. The summed E-state index contributed by atoms with van der Waals surface area (Å²) in [4.78, 5) is 2.46. The fraction of sp³-hybridized carbons (Fsp3) is 0.417. The topological polar surface area (TPSA) is 67.8 Å². The largest absolute Gasteiger partial charge is 0.494 e. The lowest BCUT2D eigenvalue weighted by Crippen LogP contribution is -2.20. The van der Waals surface area contributed by atoms with Crippen LogP contribution in [0.25, 0.3) is 0 Å². The molecule has 2 rings (SSSR count). The van der Waals surface area contributed by atoms with E-state index in [1.54, 1.807) is 23.9 Å². The van der Waals surface area contributed by atoms with Crippen LogP contribution in [0, 0.1) is 0 Å². The van der Waals surface area contributed by atoms with Crippen molar-refractivity contribution in [2.75, 3.05) is 18.1 Å². The number of rotatable bonds is 5. The molecule has 0 radical (unpaired) electrons. The van der Waals surface area contributed by atoms with Crippen LogP contribution in [0.3, 0.4) is 0 Å². The highest BCUT2D eigenvalue weighted by molar-refractivity contribution is 8.00. The van der Waals surface area contributed by atoms with Gasteiger partial charge in [-0.25, -0.2) is 4.83 Å². The Morgan fingerprint density at radius 2 is 2.11 bits per heavy atom. The van der Waals surface area contributed by atoms with Gasteiger partial charge in [-0.1, -0.05) is 0 Å². The maximum atomic E-state index is 12.0. The first-order valence-corrected chi connectivity index (χ1v) is 8.63. The predicted molar refractivity (Wildman–Crippen MR) is 77.3 cm³/mol. The zero-order valence-corrected chi connectivity index (χ0v) is 12.3. The van der Waals surface area contributed by atoms with Gasteiger partial charge < -0.3 is 4.74 Å². The average Bonchev–Trinajstić information content (AvgIpc) is 2.91. The van der Waals surface area contributed by atoms with Crippen LogP contribution >= 0.6 is 11.8 Å². The summed E-state index contributed by atoms with van der Waals surface area (Å²) in [6.07, 6.45) is 0.844. The predicted octanol–water partition coefficient (Wildman–Crippen LogP) is 1.86. The molecule has 0 unspecified atom stereocenters. The zero-order chi connectivity index (χ0) is 13.7. The van der Waals surface area contributed by atoms with Gasteiger partial charge in [-0.15, -0.1) is 0 Å². The molecular weight excluding hydrogens is 284 g/mol. The van der Waals surface area contributed by atoms with Crippen LogP contribution in [-0.4, -0.2) is 32.2 Å². The van der Waals surface area contributed by atoms with E-state index in [1.807, 2.05) is 6.92 Å². The Hall–Kier alpha value is -1.21. The van der Waals surface area contributed by atoms with Gasteiger partial charge in [0.2, 0.25) is 0 Å². The molecule has 1 aliphatic rings. The van der Waals surface area contributed by atoms with Gasteiger partial charge in [0.1, 0.15) is 5.75 Å². The van der Waals surface area contributed by atoms with Gasteiger partial charge in [-0.3, -0.25) is 0 Å². The number of hydrazone groups is 1. The lowest BCUT2D eigenvalue weighted by atomic mass is 10.3. The second-order valence-corrected chi connectivity index (χ2v) is 6.75. The van der Waals surface area contributed by atoms with E-state index >= 15 is 0 Å². The fourth-order valence-corrected chi connectivity index (χ4v) is 3.42. The summed E-state index contributed by atoms with van der Waals surface area (Å²) < 4.78 is 29.3. The minimum Gasteiger partial charge on any atom is -0.494 e. The number of benzene rings is 1. The Bertz CT molecular complexity index is 545. The number of hydrogen-bond acceptors (Lipinski definition) is 5. The number of sulfonamides is 1. The van der Waals surface area contributed by atoms with Crippen molar-refractivity contribution in [1.29, 1.82) is 0 Å². The van der Waals surface area contributed by atoms with Gasteiger partial charge in [0.15, 0.2) is 0 Å². The summed E-state index contributed by atoms with van der Waals surface area (Å²) in [5, 5.41) is 3.96. The normalized spacial score (nSPS) is 17.6. The summed E-state index contributed by atoms with van der Waals surface area (Å²) in [7, 11) is -3.58. The Labute approximate surface area is 117 Å². The van der Waals surface area contributed by atoms with Crippen molar-refractivity contribution in [3.05, 3.63) is 24.3 Å². The summed E-state index contributed by atoms with van der Waals surface area (Å²) in [5.41, 5.74) is 0.888. The highest BCUT2D eigenvalue weighted by Crippen LogP contribution is 2.17. The molecule has 1 N–H and O–H groups in total. The fourth-order valence-electron chi connectivity index (χ4n) is 1.60. The molecule has 5 nitrogen and oxygen atoms in total. The first-order valence-electron chi connectivity index (χ1n) is 5.99. The molecule has 0 saturated carbocycles. The molecule has 0 amide bonds. The number of nitrogens with zero attached hydrogens (tertiary/aromatic N) is 1. The number of nitrogens with one attached hydrogen (secondary N) is 1. The number of thioether (sulfide) groups is 1. The van der Waals surface area contributed by atoms with E-state index in [0.717, 1.165) is 23.6 Å². The Morgan fingerprint density at radius 3 is 2.68 bits per heavy atom. The highest BCUT2D eigenvalue weighted by atomic mass is 32.2. The molecule has 0 aromatic heterocycles. The van der Waals surface area contributed by atoms with Crippen molar-refractivity contribution in [1.82, 2.24) is 4.83 Å². The minimum atomic E-state index is -3.58. The second kappa shape index (κ2) is 6.29. The highest BCUT2D eigenvalue weighted by Gasteiger charge is 2.15. The van der Waals surface area contributed by atoms with Gasteiger partial charge >= 0.3 is 0 Å². The molecule has 1 saturated heterocycles. The van der Waals surface area contributed by atoms with Gasteiger partial charge in [0.05, 0.1) is 11.5 Å². The van der Waals surface area contributed by atoms with Crippen LogP contribution in [0.2, 0.25) is 0 Å². The van der Waals surface area contributed by atoms with Gasteiger partial charge in [-0.2, -0.15) is 25.3 Å². The minimum absolute atomic E-state index is 0.186. The average molecular weight is 300 g/mol. The van der Waals surface area contributed by atoms with Crippen LogP contribution < -0.4 is 9.57 Å². The lowest BCUT2D eigenvalue weighted by Gasteiger charge is -2.06. The molecule has 0 atom stereocenters. The Kier molecular flexibility index (Phi) is 4.71. The third-order valence-corrected chi connectivity index (χ3v) is 4.83. The quantitative estimate of drug-likeness (QED) is 0.843. The molecule has 1 aliphatic heterocycles. The van der Waals surface area contributed by atoms with E-state index in [-0.39, 0.29) is 4.90 Å². The third-order valence-electron chi connectivity index (χ3n) is 2.57. The van der Waals surface area contributed by atoms with E-state index in [1.165, 1.54) is 12.1 Å². The van der Waals surface area contributed by atoms with Crippen LogP contribution in [0.15, 0.2) is 34.3 Å². The molecule has 1 aromatic carbocycles. The van der Waals surface area contributed by atoms with E-state index in [9.17, 15) is 8.42 Å². The molecule has 104 valence electrons. The monoisotopic (exact) mass is 300 g/mol. The molecule has 1 fully saturated rings. The van der Waals surface area contributed by atoms with E-state index < -0.39 is 10.0 Å². The smallest absolute Gasteiger partial charge is 0.276 e. The summed E-state index contributed by atoms with van der Waals surface area (Å²) >= 11 is 1.75. The summed E-state index contributed by atoms with van der Waals surface area (Å²) in [5.74, 6) is 2.45. The van der Waals surface area contributed by atoms with E-state index in [0.29, 0.717) is 12.4 Å². The van der Waals surface area contributed by atoms with Crippen molar-refractivity contribution < 1.29 is 13.2 Å². The van der Waals surface area contributed by atoms with Crippen molar-refractivity contribution >= 4 is 27.5 Å². The first kappa shape index (κ1) is 14.2. The van der Waals surface area contributed by atoms with Gasteiger partial charge in [-0.05, 0) is 43.4 Å². The van der Waals surface area contributed by atoms with Crippen molar-refractivity contribution in [3.63, 3.8) is 0 Å². The standard InChI is InChI=1S/C12H16N2O3S2/c1-2-17-11-3-5-12(6-4-11)19(15,16)14-13-10-7-8-18-9-10/h3-6,14H,2,7-9H2,1H3/b13-10+. The Morgan fingerprint density at radius 1 is 1.37 bits per heavy atom. The molecule has 1 heterocycles.